The number of H-pyrrole nitrogens is 1. The molecule has 3 rings (SSSR count). The third-order valence-corrected chi connectivity index (χ3v) is 4.26. The van der Waals surface area contributed by atoms with E-state index in [9.17, 15) is 9.59 Å². The number of carbonyl (C=O) groups is 2. The second kappa shape index (κ2) is 7.04. The van der Waals surface area contributed by atoms with Gasteiger partial charge in [0, 0.05) is 12.0 Å². The molecule has 0 aliphatic heterocycles. The molecule has 8 heteroatoms. The third-order valence-electron chi connectivity index (χ3n) is 3.63. The van der Waals surface area contributed by atoms with E-state index < -0.39 is 5.91 Å². The molecule has 1 aromatic heterocycles. The van der Waals surface area contributed by atoms with Gasteiger partial charge in [-0.15, -0.1) is 0 Å². The molecular weight excluding hydrogens is 363 g/mol. The molecule has 1 heterocycles. The highest BCUT2D eigenvalue weighted by molar-refractivity contribution is 6.41. The number of aromatic nitrogens is 3. The maximum absolute atomic E-state index is 12.6. The second-order valence-corrected chi connectivity index (χ2v) is 6.10. The molecule has 0 atom stereocenters. The lowest BCUT2D eigenvalue weighted by Crippen LogP contribution is -2.14. The molecule has 126 valence electrons. The molecule has 3 N–H and O–H groups in total. The van der Waals surface area contributed by atoms with Crippen molar-refractivity contribution in [2.24, 2.45) is 5.73 Å². The van der Waals surface area contributed by atoms with Gasteiger partial charge in [0.05, 0.1) is 21.3 Å². The molecule has 0 aliphatic carbocycles. The first-order chi connectivity index (χ1) is 12.0. The van der Waals surface area contributed by atoms with Crippen LogP contribution in [0.25, 0.3) is 0 Å². The van der Waals surface area contributed by atoms with Crippen LogP contribution in [0.4, 0.5) is 0 Å². The van der Waals surface area contributed by atoms with Crippen molar-refractivity contribution in [2.45, 2.75) is 6.42 Å². The molecule has 0 aliphatic rings. The Morgan fingerprint density at radius 2 is 1.64 bits per heavy atom. The minimum atomic E-state index is -0.649. The fourth-order valence-corrected chi connectivity index (χ4v) is 2.97. The average molecular weight is 375 g/mol. The molecule has 1 amide bonds. The van der Waals surface area contributed by atoms with Crippen LogP contribution in [-0.4, -0.2) is 27.1 Å². The average Bonchev–Trinajstić information content (AvgIpc) is 3.03. The zero-order valence-corrected chi connectivity index (χ0v) is 14.3. The first-order valence-electron chi connectivity index (χ1n) is 7.24. The van der Waals surface area contributed by atoms with E-state index in [2.05, 4.69) is 15.4 Å². The van der Waals surface area contributed by atoms with Crippen LogP contribution < -0.4 is 5.73 Å². The predicted octanol–water partition coefficient (Wildman–Crippen LogP) is 3.03. The third kappa shape index (κ3) is 3.55. The number of hydrogen-bond acceptors (Lipinski definition) is 4. The zero-order chi connectivity index (χ0) is 18.0. The van der Waals surface area contributed by atoms with Crippen LogP contribution in [0.15, 0.2) is 42.5 Å². The monoisotopic (exact) mass is 374 g/mol. The Kier molecular flexibility index (Phi) is 4.83. The first kappa shape index (κ1) is 17.1. The summed E-state index contributed by atoms with van der Waals surface area (Å²) in [6.07, 6.45) is 0.357. The van der Waals surface area contributed by atoms with E-state index in [0.29, 0.717) is 27.7 Å². The fourth-order valence-electron chi connectivity index (χ4n) is 2.40. The van der Waals surface area contributed by atoms with Crippen molar-refractivity contribution in [3.63, 3.8) is 0 Å². The number of nitrogens with one attached hydrogen (secondary N) is 1. The Morgan fingerprint density at radius 3 is 2.24 bits per heavy atom. The Morgan fingerprint density at radius 1 is 1.00 bits per heavy atom. The molecule has 0 bridgehead atoms. The van der Waals surface area contributed by atoms with E-state index in [1.807, 2.05) is 0 Å². The van der Waals surface area contributed by atoms with Crippen molar-refractivity contribution < 1.29 is 9.59 Å². The van der Waals surface area contributed by atoms with E-state index >= 15 is 0 Å². The molecular formula is C17H12Cl2N4O2. The normalized spacial score (nSPS) is 10.6. The van der Waals surface area contributed by atoms with Crippen LogP contribution in [0.2, 0.25) is 10.0 Å². The van der Waals surface area contributed by atoms with Crippen LogP contribution >= 0.6 is 23.2 Å². The number of hydrogen-bond donors (Lipinski definition) is 2. The molecule has 0 spiro atoms. The van der Waals surface area contributed by atoms with Crippen LogP contribution in [-0.2, 0) is 6.42 Å². The van der Waals surface area contributed by atoms with Gasteiger partial charge in [0.15, 0.2) is 11.5 Å². The summed E-state index contributed by atoms with van der Waals surface area (Å²) in [7, 11) is 0. The lowest BCUT2D eigenvalue weighted by Gasteiger charge is -2.07. The number of primary amides is 1. The van der Waals surface area contributed by atoms with Crippen molar-refractivity contribution in [1.29, 1.82) is 0 Å². The number of aromatic amines is 1. The second-order valence-electron chi connectivity index (χ2n) is 5.28. The van der Waals surface area contributed by atoms with Crippen LogP contribution in [0, 0.1) is 0 Å². The lowest BCUT2D eigenvalue weighted by molar-refractivity contribution is 0.0993. The van der Waals surface area contributed by atoms with E-state index in [-0.39, 0.29) is 17.0 Å². The minimum absolute atomic E-state index is 0.100. The molecule has 0 radical (unpaired) electrons. The first-order valence-corrected chi connectivity index (χ1v) is 8.00. The molecule has 0 unspecified atom stereocenters. The number of halogens is 2. The summed E-state index contributed by atoms with van der Waals surface area (Å²) < 4.78 is 0. The topological polar surface area (TPSA) is 102 Å². The molecule has 3 aromatic rings. The number of carbonyl (C=O) groups excluding carboxylic acids is 2. The molecule has 0 saturated carbocycles. The fraction of sp³-hybridized carbons (Fsp3) is 0.0588. The number of benzene rings is 2. The maximum atomic E-state index is 12.6. The zero-order valence-electron chi connectivity index (χ0n) is 12.8. The minimum Gasteiger partial charge on any atom is -0.364 e. The van der Waals surface area contributed by atoms with Crippen LogP contribution in [0.1, 0.15) is 37.7 Å². The Bertz CT molecular complexity index is 931. The van der Waals surface area contributed by atoms with Gasteiger partial charge in [0.2, 0.25) is 0 Å². The highest BCUT2D eigenvalue weighted by atomic mass is 35.5. The van der Waals surface area contributed by atoms with Crippen molar-refractivity contribution in [3.05, 3.63) is 80.6 Å². The van der Waals surface area contributed by atoms with Gasteiger partial charge in [-0.05, 0) is 17.7 Å². The van der Waals surface area contributed by atoms with E-state index in [0.717, 1.165) is 5.56 Å². The number of amides is 1. The summed E-state index contributed by atoms with van der Waals surface area (Å²) in [6, 6.07) is 11.8. The van der Waals surface area contributed by atoms with Crippen molar-refractivity contribution in [1.82, 2.24) is 15.4 Å². The summed E-state index contributed by atoms with van der Waals surface area (Å²) in [5.41, 5.74) is 7.35. The predicted molar refractivity (Wildman–Crippen MR) is 94.0 cm³/mol. The molecule has 2 aromatic carbocycles. The van der Waals surface area contributed by atoms with Crippen molar-refractivity contribution >= 4 is 34.9 Å². The lowest BCUT2D eigenvalue weighted by atomic mass is 10.00. The van der Waals surface area contributed by atoms with E-state index in [4.69, 9.17) is 28.9 Å². The number of ketones is 1. The standard InChI is InChI=1S/C17H12Cl2N4O2/c18-11-2-1-3-12(19)14(11)16(24)10-6-4-9(5-7-10)8-13-15(17(20)25)22-23-21-13/h1-7H,8H2,(H2,20,25)(H,21,22,23). The van der Waals surface area contributed by atoms with Gasteiger partial charge < -0.3 is 5.73 Å². The van der Waals surface area contributed by atoms with E-state index in [1.165, 1.54) is 0 Å². The summed E-state index contributed by atoms with van der Waals surface area (Å²) in [5.74, 6) is -0.912. The molecule has 6 nitrogen and oxygen atoms in total. The van der Waals surface area contributed by atoms with Crippen molar-refractivity contribution in [2.75, 3.05) is 0 Å². The van der Waals surface area contributed by atoms with Gasteiger partial charge >= 0.3 is 0 Å². The van der Waals surface area contributed by atoms with Gasteiger partial charge in [0.1, 0.15) is 0 Å². The summed E-state index contributed by atoms with van der Waals surface area (Å²) in [6.45, 7) is 0. The highest BCUT2D eigenvalue weighted by Crippen LogP contribution is 2.27. The van der Waals surface area contributed by atoms with Crippen LogP contribution in [0.3, 0.4) is 0 Å². The van der Waals surface area contributed by atoms with Gasteiger partial charge in [-0.25, -0.2) is 0 Å². The van der Waals surface area contributed by atoms with Crippen LogP contribution in [0.5, 0.6) is 0 Å². The summed E-state index contributed by atoms with van der Waals surface area (Å²) >= 11 is 12.2. The smallest absolute Gasteiger partial charge is 0.271 e. The molecule has 0 saturated heterocycles. The molecule has 0 fully saturated rings. The Balaban J connectivity index is 1.84. The quantitative estimate of drug-likeness (QED) is 0.669. The highest BCUT2D eigenvalue weighted by Gasteiger charge is 2.17. The van der Waals surface area contributed by atoms with Gasteiger partial charge in [0.25, 0.3) is 5.91 Å². The van der Waals surface area contributed by atoms with E-state index in [1.54, 1.807) is 42.5 Å². The maximum Gasteiger partial charge on any atom is 0.271 e. The SMILES string of the molecule is NC(=O)c1n[nH]nc1Cc1ccc(C(=O)c2c(Cl)cccc2Cl)cc1. The van der Waals surface area contributed by atoms with Crippen molar-refractivity contribution in [3.8, 4) is 0 Å². The Hall–Kier alpha value is -2.70. The summed E-state index contributed by atoms with van der Waals surface area (Å²) in [4.78, 5) is 23.9. The van der Waals surface area contributed by atoms with Gasteiger partial charge in [-0.1, -0.05) is 53.5 Å². The number of nitrogens with zero attached hydrogens (tertiary/aromatic N) is 2. The van der Waals surface area contributed by atoms with Gasteiger partial charge in [-0.2, -0.15) is 15.4 Å². The molecule has 25 heavy (non-hydrogen) atoms. The summed E-state index contributed by atoms with van der Waals surface area (Å²) in [5, 5.41) is 10.6. The largest absolute Gasteiger partial charge is 0.364 e. The number of nitrogens with two attached hydrogens (primary N) is 1. The number of rotatable bonds is 5. The van der Waals surface area contributed by atoms with Gasteiger partial charge in [-0.3, -0.25) is 9.59 Å². The Labute approximate surface area is 152 Å².